The molecule has 0 N–H and O–H groups in total. The average Bonchev–Trinajstić information content (AvgIpc) is 2.85. The van der Waals surface area contributed by atoms with E-state index in [1.165, 1.54) is 31.1 Å². The molecule has 8 nitrogen and oxygen atoms in total. The summed E-state index contributed by atoms with van der Waals surface area (Å²) in [5, 5.41) is 3.86. The van der Waals surface area contributed by atoms with Gasteiger partial charge in [0, 0.05) is 13.6 Å². The van der Waals surface area contributed by atoms with Crippen molar-refractivity contribution in [2.75, 3.05) is 26.9 Å². The number of esters is 1. The molecule has 1 aliphatic rings. The summed E-state index contributed by atoms with van der Waals surface area (Å²) >= 11 is 0. The number of methoxy groups -OCH3 is 1. The zero-order chi connectivity index (χ0) is 14.0. The number of ether oxygens (including phenoxy) is 2. The van der Waals surface area contributed by atoms with Crippen molar-refractivity contribution < 1.29 is 22.7 Å². The first kappa shape index (κ1) is 14.0. The maximum Gasteiger partial charge on any atom is 0.326 e. The Morgan fingerprint density at radius 1 is 1.58 bits per heavy atom. The van der Waals surface area contributed by atoms with E-state index in [0.717, 1.165) is 4.31 Å². The second kappa shape index (κ2) is 5.27. The third-order valence-corrected chi connectivity index (χ3v) is 4.88. The number of carbonyl (C=O) groups excluding carboxylic acids is 1. The zero-order valence-corrected chi connectivity index (χ0v) is 11.5. The van der Waals surface area contributed by atoms with Crippen LogP contribution in [0.25, 0.3) is 0 Å². The molecule has 0 radical (unpaired) electrons. The number of carbonyl (C=O) groups is 1. The van der Waals surface area contributed by atoms with E-state index in [-0.39, 0.29) is 24.8 Å². The maximum absolute atomic E-state index is 12.5. The maximum atomic E-state index is 12.5. The number of rotatable bonds is 3. The van der Waals surface area contributed by atoms with Gasteiger partial charge in [0.2, 0.25) is 0 Å². The number of sulfonamides is 1. The Hall–Kier alpha value is -1.45. The highest BCUT2D eigenvalue weighted by Gasteiger charge is 2.40. The van der Waals surface area contributed by atoms with E-state index in [1.807, 2.05) is 0 Å². The lowest BCUT2D eigenvalue weighted by Gasteiger charge is -2.32. The molecule has 1 saturated heterocycles. The van der Waals surface area contributed by atoms with Crippen LogP contribution in [0.5, 0.6) is 0 Å². The quantitative estimate of drug-likeness (QED) is 0.662. The lowest BCUT2D eigenvalue weighted by molar-refractivity contribution is -0.149. The van der Waals surface area contributed by atoms with E-state index >= 15 is 0 Å². The number of hydrogen-bond donors (Lipinski definition) is 0. The van der Waals surface area contributed by atoms with Crippen molar-refractivity contribution in [3.8, 4) is 0 Å². The van der Waals surface area contributed by atoms with Crippen LogP contribution in [0, 0.1) is 0 Å². The van der Waals surface area contributed by atoms with Gasteiger partial charge in [0.25, 0.3) is 10.0 Å². The molecule has 9 heteroatoms. The Morgan fingerprint density at radius 2 is 2.32 bits per heavy atom. The number of hydrogen-bond acceptors (Lipinski definition) is 6. The van der Waals surface area contributed by atoms with Gasteiger partial charge in [0.1, 0.15) is 6.04 Å². The van der Waals surface area contributed by atoms with Gasteiger partial charge in [-0.3, -0.25) is 9.48 Å². The summed E-state index contributed by atoms with van der Waals surface area (Å²) in [6.07, 6.45) is 1.39. The molecule has 1 unspecified atom stereocenters. The molecule has 2 heterocycles. The standard InChI is InChI=1S/C10H15N3O5S/c1-12-9(3-4-11-12)19(15,16)13-5-6-18-7-8(13)10(14)17-2/h3-4,8H,5-7H2,1-2H3. The van der Waals surface area contributed by atoms with Crippen LogP contribution in [-0.4, -0.2) is 61.4 Å². The molecule has 106 valence electrons. The Morgan fingerprint density at radius 3 is 2.89 bits per heavy atom. The van der Waals surface area contributed by atoms with E-state index < -0.39 is 22.0 Å². The molecule has 1 aliphatic heterocycles. The van der Waals surface area contributed by atoms with Crippen molar-refractivity contribution in [1.82, 2.24) is 14.1 Å². The summed E-state index contributed by atoms with van der Waals surface area (Å²) in [5.41, 5.74) is 0. The van der Waals surface area contributed by atoms with Gasteiger partial charge in [-0.15, -0.1) is 0 Å². The van der Waals surface area contributed by atoms with Crippen molar-refractivity contribution in [1.29, 1.82) is 0 Å². The van der Waals surface area contributed by atoms with Gasteiger partial charge in [-0.1, -0.05) is 0 Å². The van der Waals surface area contributed by atoms with Crippen molar-refractivity contribution in [3.05, 3.63) is 12.3 Å². The van der Waals surface area contributed by atoms with Crippen LogP contribution >= 0.6 is 0 Å². The topological polar surface area (TPSA) is 90.7 Å². The van der Waals surface area contributed by atoms with Crippen molar-refractivity contribution >= 4 is 16.0 Å². The average molecular weight is 289 g/mol. The first-order valence-corrected chi connectivity index (χ1v) is 7.08. The van der Waals surface area contributed by atoms with Gasteiger partial charge in [-0.2, -0.15) is 9.40 Å². The summed E-state index contributed by atoms with van der Waals surface area (Å²) in [4.78, 5) is 11.6. The highest BCUT2D eigenvalue weighted by molar-refractivity contribution is 7.89. The van der Waals surface area contributed by atoms with E-state index in [2.05, 4.69) is 9.84 Å². The largest absolute Gasteiger partial charge is 0.468 e. The van der Waals surface area contributed by atoms with Gasteiger partial charge in [0.15, 0.2) is 5.03 Å². The second-order valence-electron chi connectivity index (χ2n) is 4.02. The number of aryl methyl sites for hydroxylation is 1. The molecule has 0 aliphatic carbocycles. The Kier molecular flexibility index (Phi) is 3.88. The molecule has 2 rings (SSSR count). The minimum atomic E-state index is -3.80. The van der Waals surface area contributed by atoms with E-state index in [4.69, 9.17) is 4.74 Å². The minimum Gasteiger partial charge on any atom is -0.468 e. The van der Waals surface area contributed by atoms with Gasteiger partial charge in [-0.05, 0) is 6.07 Å². The lowest BCUT2D eigenvalue weighted by Crippen LogP contribution is -2.53. The van der Waals surface area contributed by atoms with Crippen LogP contribution in [-0.2, 0) is 31.3 Å². The van der Waals surface area contributed by atoms with Crippen molar-refractivity contribution in [2.24, 2.45) is 7.05 Å². The highest BCUT2D eigenvalue weighted by Crippen LogP contribution is 2.20. The molecule has 0 spiro atoms. The molecule has 0 aromatic carbocycles. The second-order valence-corrected chi connectivity index (χ2v) is 5.86. The van der Waals surface area contributed by atoms with Crippen LogP contribution < -0.4 is 0 Å². The van der Waals surface area contributed by atoms with E-state index in [9.17, 15) is 13.2 Å². The smallest absolute Gasteiger partial charge is 0.326 e. The molecule has 1 fully saturated rings. The number of aromatic nitrogens is 2. The fourth-order valence-corrected chi connectivity index (χ4v) is 3.58. The molecule has 1 aromatic rings. The predicted octanol–water partition coefficient (Wildman–Crippen LogP) is -1.02. The van der Waals surface area contributed by atoms with Gasteiger partial charge in [0.05, 0.1) is 26.5 Å². The third-order valence-electron chi connectivity index (χ3n) is 2.90. The predicted molar refractivity (Wildman–Crippen MR) is 63.7 cm³/mol. The van der Waals surface area contributed by atoms with E-state index in [1.54, 1.807) is 0 Å². The van der Waals surface area contributed by atoms with E-state index in [0.29, 0.717) is 0 Å². The Bertz CT molecular complexity index is 567. The summed E-state index contributed by atoms with van der Waals surface area (Å²) < 4.78 is 37.1. The first-order chi connectivity index (χ1) is 8.98. The summed E-state index contributed by atoms with van der Waals surface area (Å²) in [6.45, 7) is 0.335. The van der Waals surface area contributed by atoms with Gasteiger partial charge < -0.3 is 9.47 Å². The SMILES string of the molecule is COC(=O)C1COCCN1S(=O)(=O)c1ccnn1C. The fourth-order valence-electron chi connectivity index (χ4n) is 1.93. The highest BCUT2D eigenvalue weighted by atomic mass is 32.2. The molecule has 0 amide bonds. The molecule has 0 saturated carbocycles. The molecule has 1 atom stereocenters. The molecule has 19 heavy (non-hydrogen) atoms. The monoisotopic (exact) mass is 289 g/mol. The number of nitrogens with zero attached hydrogens (tertiary/aromatic N) is 3. The Labute approximate surface area is 110 Å². The number of morpholine rings is 1. The molecule has 1 aromatic heterocycles. The van der Waals surface area contributed by atoms with Gasteiger partial charge in [-0.25, -0.2) is 8.42 Å². The van der Waals surface area contributed by atoms with Crippen LogP contribution in [0.15, 0.2) is 17.3 Å². The summed E-state index contributed by atoms with van der Waals surface area (Å²) in [6, 6.07) is 0.428. The normalized spacial score (nSPS) is 21.3. The molecule has 0 bridgehead atoms. The van der Waals surface area contributed by atoms with Crippen LogP contribution in [0.1, 0.15) is 0 Å². The lowest BCUT2D eigenvalue weighted by atomic mass is 10.3. The third kappa shape index (κ3) is 2.48. The zero-order valence-electron chi connectivity index (χ0n) is 10.6. The van der Waals surface area contributed by atoms with Crippen molar-refractivity contribution in [3.63, 3.8) is 0 Å². The van der Waals surface area contributed by atoms with Crippen LogP contribution in [0.4, 0.5) is 0 Å². The molecular weight excluding hydrogens is 274 g/mol. The summed E-state index contributed by atoms with van der Waals surface area (Å²) in [7, 11) is -1.06. The summed E-state index contributed by atoms with van der Waals surface area (Å²) in [5.74, 6) is -0.634. The van der Waals surface area contributed by atoms with Crippen molar-refractivity contribution in [2.45, 2.75) is 11.1 Å². The van der Waals surface area contributed by atoms with Gasteiger partial charge >= 0.3 is 5.97 Å². The molecular formula is C10H15N3O5S. The first-order valence-electron chi connectivity index (χ1n) is 5.64. The fraction of sp³-hybridized carbons (Fsp3) is 0.600. The Balaban J connectivity index is 2.37. The van der Waals surface area contributed by atoms with Crippen LogP contribution in [0.2, 0.25) is 0 Å². The van der Waals surface area contributed by atoms with Crippen LogP contribution in [0.3, 0.4) is 0 Å². The minimum absolute atomic E-state index is 0.0102.